The van der Waals surface area contributed by atoms with Crippen molar-refractivity contribution in [2.75, 3.05) is 0 Å². The third-order valence-electron chi connectivity index (χ3n) is 5.13. The Balaban J connectivity index is 1.65. The van der Waals surface area contributed by atoms with E-state index in [0.717, 1.165) is 29.5 Å². The summed E-state index contributed by atoms with van der Waals surface area (Å²) in [5.41, 5.74) is 4.26. The number of aromatic nitrogens is 2. The second-order valence-corrected chi connectivity index (χ2v) is 7.73. The molecule has 1 unspecified atom stereocenters. The number of hydrogen-bond donors (Lipinski definition) is 0. The first-order valence-electron chi connectivity index (χ1n) is 10.2. The van der Waals surface area contributed by atoms with Gasteiger partial charge >= 0.3 is 0 Å². The highest BCUT2D eigenvalue weighted by molar-refractivity contribution is 5.86. The minimum atomic E-state index is -0.200. The van der Waals surface area contributed by atoms with Crippen molar-refractivity contribution in [3.8, 4) is 34.7 Å². The Morgan fingerprint density at radius 1 is 1.35 bits per heavy atom. The second kappa shape index (κ2) is 8.52. The van der Waals surface area contributed by atoms with E-state index in [4.69, 9.17) is 9.26 Å². The maximum Gasteiger partial charge on any atom is 0.258 e. The van der Waals surface area contributed by atoms with Gasteiger partial charge in [-0.2, -0.15) is 10.2 Å². The van der Waals surface area contributed by atoms with Gasteiger partial charge in [0, 0.05) is 30.2 Å². The molecule has 0 saturated heterocycles. The average molecular weight is 414 g/mol. The number of fused-ring (bicyclic) bond motifs is 1. The van der Waals surface area contributed by atoms with E-state index in [1.54, 1.807) is 24.4 Å². The van der Waals surface area contributed by atoms with Crippen LogP contribution in [0, 0.1) is 11.3 Å². The molecular weight excluding hydrogens is 392 g/mol. The first kappa shape index (κ1) is 20.5. The summed E-state index contributed by atoms with van der Waals surface area (Å²) in [6.07, 6.45) is 3.43. The van der Waals surface area contributed by atoms with Crippen molar-refractivity contribution < 1.29 is 14.1 Å². The van der Waals surface area contributed by atoms with Gasteiger partial charge in [0.2, 0.25) is 11.7 Å². The van der Waals surface area contributed by atoms with Gasteiger partial charge in [-0.05, 0) is 56.0 Å². The summed E-state index contributed by atoms with van der Waals surface area (Å²) < 4.78 is 11.2. The third kappa shape index (κ3) is 4.24. The number of hydrogen-bond acceptors (Lipinski definition) is 6. The van der Waals surface area contributed by atoms with Crippen LogP contribution in [0.25, 0.3) is 22.8 Å². The SMILES string of the molecule is CC(=O)N=CC1CCc2c(-c3noc(-c4ccc(OC(C)C)c(C#N)c4)n3)cccc21. The van der Waals surface area contributed by atoms with Gasteiger partial charge in [0.1, 0.15) is 11.8 Å². The molecule has 0 spiro atoms. The molecule has 0 N–H and O–H groups in total. The number of rotatable bonds is 5. The molecule has 0 bridgehead atoms. The fraction of sp³-hybridized carbons (Fsp3) is 0.292. The highest BCUT2D eigenvalue weighted by atomic mass is 16.5. The number of amides is 1. The molecule has 0 radical (unpaired) electrons. The van der Waals surface area contributed by atoms with E-state index in [-0.39, 0.29) is 17.9 Å². The Morgan fingerprint density at radius 3 is 2.94 bits per heavy atom. The number of benzene rings is 2. The van der Waals surface area contributed by atoms with E-state index in [1.165, 1.54) is 6.92 Å². The molecule has 1 aliphatic carbocycles. The quantitative estimate of drug-likeness (QED) is 0.560. The van der Waals surface area contributed by atoms with Crippen LogP contribution in [0.5, 0.6) is 5.75 Å². The fourth-order valence-corrected chi connectivity index (χ4v) is 3.80. The average Bonchev–Trinajstić information content (AvgIpc) is 3.39. The summed E-state index contributed by atoms with van der Waals surface area (Å²) in [7, 11) is 0. The van der Waals surface area contributed by atoms with E-state index in [2.05, 4.69) is 27.3 Å². The molecule has 1 aromatic heterocycles. The van der Waals surface area contributed by atoms with Gasteiger partial charge in [0.15, 0.2) is 0 Å². The minimum Gasteiger partial charge on any atom is -0.490 e. The van der Waals surface area contributed by atoms with Gasteiger partial charge in [-0.25, -0.2) is 4.99 Å². The van der Waals surface area contributed by atoms with Crippen molar-refractivity contribution in [3.63, 3.8) is 0 Å². The van der Waals surface area contributed by atoms with Gasteiger partial charge in [0.05, 0.1) is 11.7 Å². The normalized spacial score (nSPS) is 15.3. The van der Waals surface area contributed by atoms with E-state index < -0.39 is 0 Å². The molecule has 1 heterocycles. The zero-order valence-corrected chi connectivity index (χ0v) is 17.6. The summed E-state index contributed by atoms with van der Waals surface area (Å²) in [4.78, 5) is 19.7. The first-order valence-corrected chi connectivity index (χ1v) is 10.2. The van der Waals surface area contributed by atoms with E-state index in [9.17, 15) is 10.1 Å². The van der Waals surface area contributed by atoms with Crippen molar-refractivity contribution in [2.24, 2.45) is 4.99 Å². The predicted octanol–water partition coefficient (Wildman–Crippen LogP) is 4.71. The molecule has 7 heteroatoms. The zero-order valence-electron chi connectivity index (χ0n) is 17.6. The van der Waals surface area contributed by atoms with Gasteiger partial charge < -0.3 is 9.26 Å². The van der Waals surface area contributed by atoms with Crippen LogP contribution in [0.4, 0.5) is 0 Å². The highest BCUT2D eigenvalue weighted by Crippen LogP contribution is 2.38. The summed E-state index contributed by atoms with van der Waals surface area (Å²) >= 11 is 0. The molecule has 3 aromatic rings. The first-order chi connectivity index (χ1) is 15.0. The lowest BCUT2D eigenvalue weighted by atomic mass is 9.99. The Hall–Kier alpha value is -3.79. The van der Waals surface area contributed by atoms with Gasteiger partial charge in [-0.15, -0.1) is 0 Å². The number of carbonyl (C=O) groups is 1. The summed E-state index contributed by atoms with van der Waals surface area (Å²) in [5, 5.41) is 13.6. The van der Waals surface area contributed by atoms with Crippen LogP contribution in [0.3, 0.4) is 0 Å². The lowest BCUT2D eigenvalue weighted by Crippen LogP contribution is -2.06. The second-order valence-electron chi connectivity index (χ2n) is 7.73. The summed E-state index contributed by atoms with van der Waals surface area (Å²) in [5.74, 6) is 1.27. The largest absolute Gasteiger partial charge is 0.490 e. The van der Waals surface area contributed by atoms with Gasteiger partial charge in [-0.3, -0.25) is 4.79 Å². The molecule has 1 amide bonds. The minimum absolute atomic E-state index is 0.0301. The maximum absolute atomic E-state index is 11.2. The monoisotopic (exact) mass is 414 g/mol. The topological polar surface area (TPSA) is 101 Å². The molecule has 7 nitrogen and oxygen atoms in total. The van der Waals surface area contributed by atoms with Crippen LogP contribution in [-0.4, -0.2) is 28.4 Å². The van der Waals surface area contributed by atoms with Crippen molar-refractivity contribution >= 4 is 12.1 Å². The van der Waals surface area contributed by atoms with Crippen LogP contribution >= 0.6 is 0 Å². The molecule has 31 heavy (non-hydrogen) atoms. The van der Waals surface area contributed by atoms with E-state index >= 15 is 0 Å². The molecule has 156 valence electrons. The molecule has 0 saturated carbocycles. The van der Waals surface area contributed by atoms with Crippen LogP contribution < -0.4 is 4.74 Å². The standard InChI is InChI=1S/C24H22N4O3/c1-14(2)30-22-10-8-16(11-18(22)12-25)24-27-23(28-31-24)21-6-4-5-19-17(7-9-20(19)21)13-26-15(3)29/h4-6,8,10-11,13-14,17H,7,9H2,1-3H3. The van der Waals surface area contributed by atoms with Crippen LogP contribution in [-0.2, 0) is 11.2 Å². The van der Waals surface area contributed by atoms with Crippen LogP contribution in [0.2, 0.25) is 0 Å². The molecule has 1 aliphatic rings. The summed E-state index contributed by atoms with van der Waals surface area (Å²) in [6.45, 7) is 5.27. The number of aliphatic imine (C=N–C) groups is 1. The van der Waals surface area contributed by atoms with Crippen LogP contribution in [0.15, 0.2) is 45.9 Å². The third-order valence-corrected chi connectivity index (χ3v) is 5.13. The van der Waals surface area contributed by atoms with Crippen molar-refractivity contribution in [2.45, 2.75) is 45.6 Å². The Bertz CT molecular complexity index is 1200. The van der Waals surface area contributed by atoms with Crippen molar-refractivity contribution in [1.82, 2.24) is 10.1 Å². The van der Waals surface area contributed by atoms with Gasteiger partial charge in [0.25, 0.3) is 5.89 Å². The molecule has 0 aliphatic heterocycles. The van der Waals surface area contributed by atoms with Gasteiger partial charge in [-0.1, -0.05) is 23.4 Å². The lowest BCUT2D eigenvalue weighted by molar-refractivity contribution is -0.115. The summed E-state index contributed by atoms with van der Waals surface area (Å²) in [6, 6.07) is 13.4. The van der Waals surface area contributed by atoms with E-state index in [1.807, 2.05) is 26.0 Å². The number of nitrogens with zero attached hydrogens (tertiary/aromatic N) is 4. The van der Waals surface area contributed by atoms with E-state index in [0.29, 0.717) is 28.6 Å². The molecule has 2 aromatic carbocycles. The number of carbonyl (C=O) groups excluding carboxylic acids is 1. The molecular formula is C24H22N4O3. The highest BCUT2D eigenvalue weighted by Gasteiger charge is 2.25. The maximum atomic E-state index is 11.2. The Morgan fingerprint density at radius 2 is 2.19 bits per heavy atom. The molecule has 0 fully saturated rings. The van der Waals surface area contributed by atoms with Crippen molar-refractivity contribution in [3.05, 3.63) is 53.1 Å². The van der Waals surface area contributed by atoms with Crippen molar-refractivity contribution in [1.29, 1.82) is 5.26 Å². The predicted molar refractivity (Wildman–Crippen MR) is 116 cm³/mol. The Labute approximate surface area is 180 Å². The zero-order chi connectivity index (χ0) is 22.0. The Kier molecular flexibility index (Phi) is 5.63. The van der Waals surface area contributed by atoms with Crippen LogP contribution in [0.1, 0.15) is 49.8 Å². The lowest BCUT2D eigenvalue weighted by Gasteiger charge is -2.11. The number of nitriles is 1. The molecule has 4 rings (SSSR count). The molecule has 1 atom stereocenters. The fourth-order valence-electron chi connectivity index (χ4n) is 3.80. The smallest absolute Gasteiger partial charge is 0.258 e. The number of ether oxygens (including phenoxy) is 1.